The maximum atomic E-state index is 5.85. The van der Waals surface area contributed by atoms with Crippen LogP contribution in [0.4, 0.5) is 0 Å². The molecule has 0 spiro atoms. The minimum absolute atomic E-state index is 0.648. The Balaban J connectivity index is 2.15. The summed E-state index contributed by atoms with van der Waals surface area (Å²) in [6.07, 6.45) is 4.15. The molecule has 2 aromatic heterocycles. The third kappa shape index (κ3) is 3.32. The summed E-state index contributed by atoms with van der Waals surface area (Å²) in [7, 11) is 0. The van der Waals surface area contributed by atoms with Gasteiger partial charge in [0.2, 0.25) is 0 Å². The van der Waals surface area contributed by atoms with Crippen LogP contribution < -0.4 is 0 Å². The Morgan fingerprint density at radius 2 is 1.79 bits per heavy atom. The third-order valence-electron chi connectivity index (χ3n) is 4.34. The van der Waals surface area contributed by atoms with E-state index in [-0.39, 0.29) is 0 Å². The number of alkyl halides is 1. The molecule has 4 heteroatoms. The van der Waals surface area contributed by atoms with Gasteiger partial charge < -0.3 is 0 Å². The molecule has 0 saturated heterocycles. The van der Waals surface area contributed by atoms with E-state index >= 15 is 0 Å². The van der Waals surface area contributed by atoms with Crippen LogP contribution in [0.15, 0.2) is 30.3 Å². The second-order valence-corrected chi connectivity index (χ2v) is 6.70. The Morgan fingerprint density at radius 1 is 1.04 bits per heavy atom. The molecule has 0 aliphatic heterocycles. The zero-order chi connectivity index (χ0) is 17.1. The van der Waals surface area contributed by atoms with Gasteiger partial charge in [0.15, 0.2) is 5.65 Å². The third-order valence-corrected chi connectivity index (χ3v) is 4.52. The number of unbranched alkanes of at least 4 members (excludes halogenated alkanes) is 1. The molecule has 24 heavy (non-hydrogen) atoms. The molecule has 1 aromatic carbocycles. The predicted molar refractivity (Wildman–Crippen MR) is 101 cm³/mol. The van der Waals surface area contributed by atoms with Gasteiger partial charge in [-0.15, -0.1) is 11.6 Å². The predicted octanol–water partition coefficient (Wildman–Crippen LogP) is 5.16. The Hall–Kier alpha value is -1.87. The monoisotopic (exact) mass is 341 g/mol. The van der Waals surface area contributed by atoms with Crippen LogP contribution in [0.5, 0.6) is 0 Å². The maximum absolute atomic E-state index is 5.85. The number of hydrogen-bond acceptors (Lipinski definition) is 2. The minimum Gasteiger partial charge on any atom is -0.281 e. The first-order valence-electron chi connectivity index (χ1n) is 8.65. The van der Waals surface area contributed by atoms with Crippen molar-refractivity contribution in [1.82, 2.24) is 14.5 Å². The summed E-state index contributed by atoms with van der Waals surface area (Å²) in [5.74, 6) is 1.74. The highest BCUT2D eigenvalue weighted by atomic mass is 35.5. The Kier molecular flexibility index (Phi) is 5.20. The van der Waals surface area contributed by atoms with Crippen molar-refractivity contribution >= 4 is 22.8 Å². The van der Waals surface area contributed by atoms with E-state index < -0.39 is 0 Å². The van der Waals surface area contributed by atoms with Crippen molar-refractivity contribution in [2.24, 2.45) is 0 Å². The van der Waals surface area contributed by atoms with Crippen LogP contribution in [0, 0.1) is 13.8 Å². The van der Waals surface area contributed by atoms with Crippen molar-refractivity contribution in [3.63, 3.8) is 0 Å². The molecule has 0 bridgehead atoms. The lowest BCUT2D eigenvalue weighted by molar-refractivity contribution is 0.742. The molecule has 0 aliphatic rings. The number of fused-ring (bicyclic) bond motifs is 1. The van der Waals surface area contributed by atoms with E-state index in [4.69, 9.17) is 21.6 Å². The smallest absolute Gasteiger partial charge is 0.165 e. The molecular weight excluding hydrogens is 318 g/mol. The molecule has 126 valence electrons. The Morgan fingerprint density at radius 3 is 2.46 bits per heavy atom. The standard InChI is InChI=1S/C20H24ClN3/c1-4-5-6-18-23-19-14(2)13-15(3)22-20(19)24(18)17-9-7-16(8-10-17)11-12-21/h7-10,13H,4-6,11-12H2,1-3H3. The van der Waals surface area contributed by atoms with Gasteiger partial charge in [0.05, 0.1) is 0 Å². The summed E-state index contributed by atoms with van der Waals surface area (Å²) in [6, 6.07) is 10.7. The van der Waals surface area contributed by atoms with Gasteiger partial charge in [-0.1, -0.05) is 25.5 Å². The van der Waals surface area contributed by atoms with Gasteiger partial charge in [0.1, 0.15) is 11.3 Å². The molecule has 0 unspecified atom stereocenters. The number of rotatable bonds is 6. The van der Waals surface area contributed by atoms with E-state index in [1.807, 2.05) is 6.92 Å². The Labute approximate surface area is 148 Å². The summed E-state index contributed by atoms with van der Waals surface area (Å²) < 4.78 is 2.22. The number of nitrogens with zero attached hydrogens (tertiary/aromatic N) is 3. The van der Waals surface area contributed by atoms with E-state index in [1.165, 1.54) is 11.1 Å². The number of aryl methyl sites for hydroxylation is 4. The molecule has 0 amide bonds. The lowest BCUT2D eigenvalue weighted by atomic mass is 10.1. The van der Waals surface area contributed by atoms with Crippen LogP contribution in [0.25, 0.3) is 16.9 Å². The van der Waals surface area contributed by atoms with E-state index in [1.54, 1.807) is 0 Å². The van der Waals surface area contributed by atoms with Crippen LogP contribution in [0.3, 0.4) is 0 Å². The van der Waals surface area contributed by atoms with Crippen LogP contribution >= 0.6 is 11.6 Å². The molecule has 0 aliphatic carbocycles. The summed E-state index contributed by atoms with van der Waals surface area (Å²) in [5, 5.41) is 0. The summed E-state index contributed by atoms with van der Waals surface area (Å²) in [6.45, 7) is 6.36. The van der Waals surface area contributed by atoms with Gasteiger partial charge in [-0.3, -0.25) is 4.57 Å². The molecule has 3 aromatic rings. The molecule has 3 rings (SSSR count). The van der Waals surface area contributed by atoms with Gasteiger partial charge in [0.25, 0.3) is 0 Å². The average molecular weight is 342 g/mol. The molecule has 0 radical (unpaired) electrons. The second-order valence-electron chi connectivity index (χ2n) is 6.33. The van der Waals surface area contributed by atoms with E-state index in [0.29, 0.717) is 5.88 Å². The van der Waals surface area contributed by atoms with Gasteiger partial charge in [0, 0.05) is 23.7 Å². The van der Waals surface area contributed by atoms with Gasteiger partial charge >= 0.3 is 0 Å². The highest BCUT2D eigenvalue weighted by Gasteiger charge is 2.15. The topological polar surface area (TPSA) is 30.7 Å². The van der Waals surface area contributed by atoms with Crippen LogP contribution in [-0.2, 0) is 12.8 Å². The number of imidazole rings is 1. The zero-order valence-corrected chi connectivity index (χ0v) is 15.4. The van der Waals surface area contributed by atoms with Crippen molar-refractivity contribution in [1.29, 1.82) is 0 Å². The first-order chi connectivity index (χ1) is 11.6. The normalized spacial score (nSPS) is 11.3. The lowest BCUT2D eigenvalue weighted by Crippen LogP contribution is -2.03. The number of halogens is 1. The number of hydrogen-bond donors (Lipinski definition) is 0. The first kappa shape index (κ1) is 17.0. The molecule has 2 heterocycles. The quantitative estimate of drug-likeness (QED) is 0.580. The zero-order valence-electron chi connectivity index (χ0n) is 14.6. The van der Waals surface area contributed by atoms with Crippen LogP contribution in [0.2, 0.25) is 0 Å². The van der Waals surface area contributed by atoms with Crippen molar-refractivity contribution in [2.75, 3.05) is 5.88 Å². The van der Waals surface area contributed by atoms with Gasteiger partial charge in [-0.25, -0.2) is 9.97 Å². The summed E-state index contributed by atoms with van der Waals surface area (Å²) in [4.78, 5) is 9.68. The molecule has 0 saturated carbocycles. The maximum Gasteiger partial charge on any atom is 0.165 e. The number of aromatic nitrogens is 3. The van der Waals surface area contributed by atoms with Crippen molar-refractivity contribution in [2.45, 2.75) is 46.5 Å². The Bertz CT molecular complexity index is 834. The molecular formula is C20H24ClN3. The average Bonchev–Trinajstić information content (AvgIpc) is 2.92. The molecule has 3 nitrogen and oxygen atoms in total. The SMILES string of the molecule is CCCCc1nc2c(C)cc(C)nc2n1-c1ccc(CCCl)cc1. The highest BCUT2D eigenvalue weighted by molar-refractivity contribution is 6.17. The minimum atomic E-state index is 0.648. The van der Waals surface area contributed by atoms with Gasteiger partial charge in [-0.05, 0) is 56.0 Å². The molecule has 0 atom stereocenters. The van der Waals surface area contributed by atoms with Crippen molar-refractivity contribution < 1.29 is 0 Å². The number of pyridine rings is 1. The van der Waals surface area contributed by atoms with Crippen molar-refractivity contribution in [3.8, 4) is 5.69 Å². The van der Waals surface area contributed by atoms with Crippen molar-refractivity contribution in [3.05, 3.63) is 53.0 Å². The fraction of sp³-hybridized carbons (Fsp3) is 0.400. The van der Waals surface area contributed by atoms with Crippen LogP contribution in [0.1, 0.15) is 42.4 Å². The van der Waals surface area contributed by atoms with Gasteiger partial charge in [-0.2, -0.15) is 0 Å². The summed E-state index contributed by atoms with van der Waals surface area (Å²) in [5.41, 5.74) is 6.57. The largest absolute Gasteiger partial charge is 0.281 e. The lowest BCUT2D eigenvalue weighted by Gasteiger charge is -2.10. The van der Waals surface area contributed by atoms with E-state index in [2.05, 4.69) is 48.7 Å². The summed E-state index contributed by atoms with van der Waals surface area (Å²) >= 11 is 5.85. The molecule has 0 N–H and O–H groups in total. The highest BCUT2D eigenvalue weighted by Crippen LogP contribution is 2.24. The first-order valence-corrected chi connectivity index (χ1v) is 9.18. The second kappa shape index (κ2) is 7.35. The molecule has 0 fully saturated rings. The van der Waals surface area contributed by atoms with E-state index in [0.717, 1.165) is 54.1 Å². The fourth-order valence-corrected chi connectivity index (χ4v) is 3.32. The number of benzene rings is 1. The van der Waals surface area contributed by atoms with E-state index in [9.17, 15) is 0 Å². The van der Waals surface area contributed by atoms with Crippen LogP contribution in [-0.4, -0.2) is 20.4 Å². The fourth-order valence-electron chi connectivity index (χ4n) is 3.10.